The number of benzene rings is 3. The highest BCUT2D eigenvalue weighted by Gasteiger charge is 2.20. The van der Waals surface area contributed by atoms with Gasteiger partial charge in [-0.1, -0.05) is 53.8 Å². The van der Waals surface area contributed by atoms with Crippen molar-refractivity contribution in [3.63, 3.8) is 0 Å². The minimum atomic E-state index is -0.569. The Labute approximate surface area is 145 Å². The van der Waals surface area contributed by atoms with Crippen molar-refractivity contribution < 1.29 is 9.72 Å². The van der Waals surface area contributed by atoms with Crippen LogP contribution in [0.25, 0.3) is 21.0 Å². The lowest BCUT2D eigenvalue weighted by molar-refractivity contribution is -0.385. The van der Waals surface area contributed by atoms with E-state index in [-0.39, 0.29) is 11.3 Å². The molecule has 1 N–H and O–H groups in total. The molecule has 0 saturated carbocycles. The van der Waals surface area contributed by atoms with Gasteiger partial charge < -0.3 is 0 Å². The Morgan fingerprint density at radius 3 is 2.64 bits per heavy atom. The van der Waals surface area contributed by atoms with Gasteiger partial charge in [0, 0.05) is 11.5 Å². The summed E-state index contributed by atoms with van der Waals surface area (Å²) in [5.41, 5.74) is 0.560. The lowest BCUT2D eigenvalue weighted by Crippen LogP contribution is -2.13. The molecular weight excluding hydrogens is 338 g/mol. The molecule has 0 bridgehead atoms. The fourth-order valence-corrected chi connectivity index (χ4v) is 3.69. The first kappa shape index (κ1) is 15.2. The van der Waals surface area contributed by atoms with E-state index in [1.807, 2.05) is 36.4 Å². The Bertz CT molecular complexity index is 1140. The van der Waals surface area contributed by atoms with Crippen molar-refractivity contribution in [2.45, 2.75) is 0 Å². The Morgan fingerprint density at radius 1 is 1.04 bits per heavy atom. The number of nitrogens with one attached hydrogen (secondary N) is 1. The van der Waals surface area contributed by atoms with Gasteiger partial charge in [-0.15, -0.1) is 0 Å². The monoisotopic (exact) mass is 349 g/mol. The molecule has 7 heteroatoms. The number of aromatic nitrogens is 1. The van der Waals surface area contributed by atoms with E-state index in [0.29, 0.717) is 5.13 Å². The summed E-state index contributed by atoms with van der Waals surface area (Å²) < 4.78 is 0.968. The smallest absolute Gasteiger partial charge is 0.282 e. The van der Waals surface area contributed by atoms with Gasteiger partial charge in [0.25, 0.3) is 11.6 Å². The van der Waals surface area contributed by atoms with Crippen LogP contribution in [0.2, 0.25) is 0 Å². The number of thiazole rings is 1. The number of rotatable bonds is 3. The van der Waals surface area contributed by atoms with Crippen molar-refractivity contribution in [1.82, 2.24) is 4.98 Å². The minimum absolute atomic E-state index is 0.0108. The average Bonchev–Trinajstić information content (AvgIpc) is 3.04. The molecule has 1 amide bonds. The number of para-hydroxylation sites is 1. The van der Waals surface area contributed by atoms with E-state index in [1.165, 1.54) is 29.5 Å². The summed E-state index contributed by atoms with van der Waals surface area (Å²) >= 11 is 1.35. The second kappa shape index (κ2) is 5.95. The fraction of sp³-hybridized carbons (Fsp3) is 0. The molecule has 0 spiro atoms. The maximum Gasteiger partial charge on any atom is 0.282 e. The molecule has 0 aliphatic carbocycles. The first-order valence-electron chi connectivity index (χ1n) is 7.46. The molecule has 0 fully saturated rings. The Kier molecular flexibility index (Phi) is 3.62. The Balaban J connectivity index is 1.73. The average molecular weight is 349 g/mol. The summed E-state index contributed by atoms with van der Waals surface area (Å²) in [6, 6.07) is 17.7. The molecule has 25 heavy (non-hydrogen) atoms. The van der Waals surface area contributed by atoms with Gasteiger partial charge >= 0.3 is 0 Å². The SMILES string of the molecule is O=C(Nc1nc2ccc3ccccc3c2s1)c1ccccc1[N+](=O)[O-]. The van der Waals surface area contributed by atoms with E-state index in [4.69, 9.17) is 0 Å². The van der Waals surface area contributed by atoms with Gasteiger partial charge in [-0.25, -0.2) is 4.98 Å². The zero-order valence-electron chi connectivity index (χ0n) is 12.8. The molecule has 1 aromatic heterocycles. The molecule has 0 saturated heterocycles. The predicted octanol–water partition coefficient (Wildman–Crippen LogP) is 4.61. The zero-order chi connectivity index (χ0) is 17.4. The number of nitro groups is 1. The third-order valence-corrected chi connectivity index (χ3v) is 4.87. The zero-order valence-corrected chi connectivity index (χ0v) is 13.6. The van der Waals surface area contributed by atoms with Gasteiger partial charge in [-0.3, -0.25) is 20.2 Å². The minimum Gasteiger partial charge on any atom is -0.298 e. The van der Waals surface area contributed by atoms with Crippen LogP contribution < -0.4 is 5.32 Å². The predicted molar refractivity (Wildman–Crippen MR) is 98.2 cm³/mol. The number of anilines is 1. The normalized spacial score (nSPS) is 10.9. The van der Waals surface area contributed by atoms with Crippen molar-refractivity contribution in [2.24, 2.45) is 0 Å². The highest BCUT2D eigenvalue weighted by Crippen LogP contribution is 2.33. The van der Waals surface area contributed by atoms with Crippen LogP contribution in [0.4, 0.5) is 10.8 Å². The molecule has 0 aliphatic rings. The molecule has 4 rings (SSSR count). The van der Waals surface area contributed by atoms with E-state index < -0.39 is 10.8 Å². The van der Waals surface area contributed by atoms with E-state index in [1.54, 1.807) is 6.07 Å². The fourth-order valence-electron chi connectivity index (χ4n) is 2.70. The van der Waals surface area contributed by atoms with Gasteiger partial charge in [0.05, 0.1) is 15.1 Å². The van der Waals surface area contributed by atoms with E-state index >= 15 is 0 Å². The van der Waals surface area contributed by atoms with Crippen molar-refractivity contribution in [2.75, 3.05) is 5.32 Å². The molecule has 0 aliphatic heterocycles. The molecule has 3 aromatic carbocycles. The summed E-state index contributed by atoms with van der Waals surface area (Å²) in [7, 11) is 0. The van der Waals surface area contributed by atoms with Gasteiger partial charge in [-0.05, 0) is 17.5 Å². The third kappa shape index (κ3) is 2.70. The lowest BCUT2D eigenvalue weighted by atomic mass is 10.1. The lowest BCUT2D eigenvalue weighted by Gasteiger charge is -2.02. The number of hydrogen-bond donors (Lipinski definition) is 1. The van der Waals surface area contributed by atoms with Crippen LogP contribution >= 0.6 is 11.3 Å². The Hall–Kier alpha value is -3.32. The molecule has 122 valence electrons. The van der Waals surface area contributed by atoms with Gasteiger partial charge in [0.2, 0.25) is 0 Å². The molecule has 0 radical (unpaired) electrons. The first-order valence-corrected chi connectivity index (χ1v) is 8.28. The molecule has 0 atom stereocenters. The van der Waals surface area contributed by atoms with Crippen molar-refractivity contribution in [1.29, 1.82) is 0 Å². The van der Waals surface area contributed by atoms with E-state index in [9.17, 15) is 14.9 Å². The van der Waals surface area contributed by atoms with Crippen LogP contribution in [0.15, 0.2) is 60.7 Å². The van der Waals surface area contributed by atoms with Crippen LogP contribution in [0.3, 0.4) is 0 Å². The number of hydrogen-bond acceptors (Lipinski definition) is 5. The van der Waals surface area contributed by atoms with Crippen molar-refractivity contribution in [3.8, 4) is 0 Å². The summed E-state index contributed by atoms with van der Waals surface area (Å²) in [5.74, 6) is -0.546. The van der Waals surface area contributed by atoms with Crippen LogP contribution in [-0.2, 0) is 0 Å². The second-order valence-corrected chi connectivity index (χ2v) is 6.38. The maximum absolute atomic E-state index is 12.4. The molecule has 4 aromatic rings. The molecular formula is C18H11N3O3S. The van der Waals surface area contributed by atoms with Crippen LogP contribution in [-0.4, -0.2) is 15.8 Å². The Morgan fingerprint density at radius 2 is 1.80 bits per heavy atom. The second-order valence-electron chi connectivity index (χ2n) is 5.38. The van der Waals surface area contributed by atoms with Crippen LogP contribution in [0.5, 0.6) is 0 Å². The van der Waals surface area contributed by atoms with Gasteiger partial charge in [-0.2, -0.15) is 0 Å². The largest absolute Gasteiger partial charge is 0.298 e. The van der Waals surface area contributed by atoms with Crippen molar-refractivity contribution >= 4 is 49.1 Å². The van der Waals surface area contributed by atoms with Crippen molar-refractivity contribution in [3.05, 3.63) is 76.3 Å². The number of fused-ring (bicyclic) bond motifs is 3. The standard InChI is InChI=1S/C18H11N3O3S/c22-17(13-7-3-4-8-15(13)21(23)24)20-18-19-14-10-9-11-5-1-2-6-12(11)16(14)25-18/h1-10H,(H,19,20,22). The number of nitro benzene ring substituents is 1. The summed E-state index contributed by atoms with van der Waals surface area (Å²) in [6.45, 7) is 0. The first-order chi connectivity index (χ1) is 12.1. The van der Waals surface area contributed by atoms with Crippen LogP contribution in [0, 0.1) is 10.1 Å². The topological polar surface area (TPSA) is 85.1 Å². The van der Waals surface area contributed by atoms with Gasteiger partial charge in [0.1, 0.15) is 5.56 Å². The van der Waals surface area contributed by atoms with E-state index in [2.05, 4.69) is 10.3 Å². The number of nitrogens with zero attached hydrogens (tertiary/aromatic N) is 2. The van der Waals surface area contributed by atoms with Crippen LogP contribution in [0.1, 0.15) is 10.4 Å². The third-order valence-electron chi connectivity index (χ3n) is 3.85. The molecule has 0 unspecified atom stereocenters. The summed E-state index contributed by atoms with van der Waals surface area (Å²) in [4.78, 5) is 27.4. The highest BCUT2D eigenvalue weighted by molar-refractivity contribution is 7.23. The quantitative estimate of drug-likeness (QED) is 0.432. The van der Waals surface area contributed by atoms with E-state index in [0.717, 1.165) is 21.0 Å². The number of amides is 1. The highest BCUT2D eigenvalue weighted by atomic mass is 32.1. The summed E-state index contributed by atoms with van der Waals surface area (Å²) in [6.07, 6.45) is 0. The maximum atomic E-state index is 12.4. The van der Waals surface area contributed by atoms with Gasteiger partial charge in [0.15, 0.2) is 5.13 Å². The number of carbonyl (C=O) groups excluding carboxylic acids is 1. The molecule has 1 heterocycles. The number of carbonyl (C=O) groups is 1. The summed E-state index contributed by atoms with van der Waals surface area (Å²) in [5, 5.41) is 16.3. The molecule has 6 nitrogen and oxygen atoms in total.